The fraction of sp³-hybridized carbons (Fsp3) is 0.200. The highest BCUT2D eigenvalue weighted by Gasteiger charge is 2.37. The Labute approximate surface area is 175 Å². The summed E-state index contributed by atoms with van der Waals surface area (Å²) in [4.78, 5) is 15.0. The number of fused-ring (bicyclic) bond motifs is 2. The smallest absolute Gasteiger partial charge is 0.319 e. The van der Waals surface area contributed by atoms with E-state index >= 15 is 0 Å². The Kier molecular flexibility index (Phi) is 3.82. The first-order valence-electron chi connectivity index (χ1n) is 9.73. The van der Waals surface area contributed by atoms with Crippen molar-refractivity contribution in [1.29, 1.82) is 0 Å². The zero-order chi connectivity index (χ0) is 20.9. The largest absolute Gasteiger partial charge is 0.401 e. The second kappa shape index (κ2) is 6.69. The minimum Gasteiger partial charge on any atom is -0.401 e. The van der Waals surface area contributed by atoms with Crippen LogP contribution in [0.2, 0.25) is 0 Å². The lowest BCUT2D eigenvalue weighted by atomic mass is 10.00. The van der Waals surface area contributed by atoms with Crippen molar-refractivity contribution in [3.8, 4) is 11.6 Å². The van der Waals surface area contributed by atoms with Crippen LogP contribution in [0.15, 0.2) is 53.7 Å². The Hall–Kier alpha value is -4.15. The van der Waals surface area contributed by atoms with Gasteiger partial charge in [0.2, 0.25) is 0 Å². The molecule has 11 heteroatoms. The number of imidazole rings is 1. The molecule has 0 spiro atoms. The fourth-order valence-electron chi connectivity index (χ4n) is 3.99. The monoisotopic (exact) mass is 417 g/mol. The average molecular weight is 417 g/mol. The SMILES string of the molecule is Cc1cccn2nc([C@@H]3c4ncn(F)c4CCN3c3nnc(-c4cnccn4)o3)cc12. The van der Waals surface area contributed by atoms with E-state index in [1.165, 1.54) is 6.33 Å². The fourth-order valence-corrected chi connectivity index (χ4v) is 3.99. The maximum absolute atomic E-state index is 14.3. The summed E-state index contributed by atoms with van der Waals surface area (Å²) in [6.07, 6.45) is 8.19. The van der Waals surface area contributed by atoms with Gasteiger partial charge in [0.05, 0.1) is 28.8 Å². The Bertz CT molecular complexity index is 1390. The zero-order valence-corrected chi connectivity index (χ0v) is 16.4. The van der Waals surface area contributed by atoms with Gasteiger partial charge in [-0.15, -0.1) is 5.10 Å². The highest BCUT2D eigenvalue weighted by molar-refractivity contribution is 5.57. The molecule has 6 heterocycles. The lowest BCUT2D eigenvalue weighted by Crippen LogP contribution is -2.37. The summed E-state index contributed by atoms with van der Waals surface area (Å²) < 4.78 is 22.0. The molecule has 0 fully saturated rings. The van der Waals surface area contributed by atoms with Gasteiger partial charge < -0.3 is 9.32 Å². The van der Waals surface area contributed by atoms with Crippen molar-refractivity contribution in [2.24, 2.45) is 0 Å². The van der Waals surface area contributed by atoms with Gasteiger partial charge in [-0.05, 0) is 24.6 Å². The van der Waals surface area contributed by atoms with E-state index in [1.807, 2.05) is 40.7 Å². The van der Waals surface area contributed by atoms with E-state index in [1.54, 1.807) is 18.6 Å². The molecule has 0 radical (unpaired) electrons. The summed E-state index contributed by atoms with van der Waals surface area (Å²) in [5.41, 5.74) is 4.34. The molecule has 31 heavy (non-hydrogen) atoms. The standard InChI is InChI=1S/C20H16FN9O/c1-12-3-2-7-30-16(12)9-13(27-30)18-17-15(29(21)11-24-17)4-8-28(18)20-26-25-19(31-20)14-10-22-5-6-23-14/h2-3,5-7,9-11,18H,4,8H2,1H3/t18-/m1/s1. The van der Waals surface area contributed by atoms with E-state index in [0.717, 1.165) is 11.1 Å². The average Bonchev–Trinajstić information content (AvgIpc) is 3.53. The number of rotatable bonds is 3. The minimum atomic E-state index is -0.477. The van der Waals surface area contributed by atoms with Gasteiger partial charge in [0.15, 0.2) is 0 Å². The number of hydrogen-bond donors (Lipinski definition) is 0. The molecule has 0 amide bonds. The van der Waals surface area contributed by atoms with E-state index in [2.05, 4.69) is 25.1 Å². The van der Waals surface area contributed by atoms with Crippen LogP contribution in [0.1, 0.15) is 28.7 Å². The Morgan fingerprint density at radius 2 is 2.13 bits per heavy atom. The molecule has 10 nitrogen and oxygen atoms in total. The first kappa shape index (κ1) is 17.7. The molecule has 0 unspecified atom stereocenters. The Balaban J connectivity index is 1.48. The predicted molar refractivity (Wildman–Crippen MR) is 107 cm³/mol. The summed E-state index contributed by atoms with van der Waals surface area (Å²) in [7, 11) is 0. The maximum Gasteiger partial charge on any atom is 0.319 e. The molecule has 1 aliphatic heterocycles. The van der Waals surface area contributed by atoms with Crippen LogP contribution in [0.5, 0.6) is 0 Å². The molecular formula is C20H16FN9O. The second-order valence-electron chi connectivity index (χ2n) is 7.30. The Morgan fingerprint density at radius 3 is 2.97 bits per heavy atom. The summed E-state index contributed by atoms with van der Waals surface area (Å²) in [6, 6.07) is 5.75. The molecule has 1 aliphatic rings. The first-order chi connectivity index (χ1) is 15.2. The van der Waals surface area contributed by atoms with Crippen molar-refractivity contribution in [3.05, 3.63) is 72.0 Å². The van der Waals surface area contributed by atoms with Crippen molar-refractivity contribution < 1.29 is 8.90 Å². The maximum atomic E-state index is 14.3. The van der Waals surface area contributed by atoms with Gasteiger partial charge in [-0.25, -0.2) is 14.5 Å². The topological polar surface area (TPSA) is 103 Å². The summed E-state index contributed by atoms with van der Waals surface area (Å²) in [6.45, 7) is 2.48. The molecule has 0 saturated heterocycles. The lowest BCUT2D eigenvalue weighted by Gasteiger charge is -2.32. The number of pyridine rings is 1. The van der Waals surface area contributed by atoms with Crippen molar-refractivity contribution in [3.63, 3.8) is 0 Å². The molecule has 0 N–H and O–H groups in total. The van der Waals surface area contributed by atoms with Crippen LogP contribution in [-0.4, -0.2) is 46.1 Å². The quantitative estimate of drug-likeness (QED) is 0.441. The zero-order valence-electron chi connectivity index (χ0n) is 16.4. The van der Waals surface area contributed by atoms with Gasteiger partial charge in [0, 0.05) is 31.6 Å². The lowest BCUT2D eigenvalue weighted by molar-refractivity contribution is 0.347. The van der Waals surface area contributed by atoms with Crippen LogP contribution in [-0.2, 0) is 6.42 Å². The molecule has 0 aromatic carbocycles. The van der Waals surface area contributed by atoms with E-state index in [0.29, 0.717) is 46.5 Å². The van der Waals surface area contributed by atoms with Crippen LogP contribution in [0.4, 0.5) is 10.5 Å². The molecule has 5 aromatic heterocycles. The summed E-state index contributed by atoms with van der Waals surface area (Å²) in [5, 5.41) is 13.1. The van der Waals surface area contributed by atoms with Crippen LogP contribution in [0.3, 0.4) is 0 Å². The number of halogens is 1. The van der Waals surface area contributed by atoms with Crippen molar-refractivity contribution in [1.82, 2.24) is 39.6 Å². The number of hydrogen-bond acceptors (Lipinski definition) is 8. The number of anilines is 1. The third-order valence-corrected chi connectivity index (χ3v) is 5.47. The predicted octanol–water partition coefficient (Wildman–Crippen LogP) is 2.56. The van der Waals surface area contributed by atoms with Crippen LogP contribution >= 0.6 is 0 Å². The van der Waals surface area contributed by atoms with Gasteiger partial charge in [-0.1, -0.05) is 15.6 Å². The Morgan fingerprint density at radius 1 is 1.19 bits per heavy atom. The molecule has 1 atom stereocenters. The molecule has 6 rings (SSSR count). The van der Waals surface area contributed by atoms with Gasteiger partial charge >= 0.3 is 6.01 Å². The molecule has 154 valence electrons. The van der Waals surface area contributed by atoms with Crippen molar-refractivity contribution in [2.45, 2.75) is 19.4 Å². The molecule has 0 saturated carbocycles. The van der Waals surface area contributed by atoms with Gasteiger partial charge in [0.25, 0.3) is 5.89 Å². The molecular weight excluding hydrogens is 401 g/mol. The normalized spacial score (nSPS) is 16.1. The highest BCUT2D eigenvalue weighted by Crippen LogP contribution is 2.37. The van der Waals surface area contributed by atoms with Crippen LogP contribution in [0.25, 0.3) is 17.1 Å². The second-order valence-corrected chi connectivity index (χ2v) is 7.30. The molecule has 0 bridgehead atoms. The minimum absolute atomic E-state index is 0.259. The van der Waals surface area contributed by atoms with Crippen molar-refractivity contribution in [2.75, 3.05) is 11.4 Å². The number of aryl methyl sites for hydroxylation is 1. The van der Waals surface area contributed by atoms with Gasteiger partial charge in [0.1, 0.15) is 18.1 Å². The van der Waals surface area contributed by atoms with Gasteiger partial charge in [-0.2, -0.15) is 9.89 Å². The third kappa shape index (κ3) is 2.77. The van der Waals surface area contributed by atoms with E-state index < -0.39 is 6.04 Å². The summed E-state index contributed by atoms with van der Waals surface area (Å²) >= 11 is 0. The molecule has 5 aromatic rings. The summed E-state index contributed by atoms with van der Waals surface area (Å²) in [5.74, 6) is 0.259. The van der Waals surface area contributed by atoms with Crippen LogP contribution < -0.4 is 4.90 Å². The first-order valence-corrected chi connectivity index (χ1v) is 9.73. The van der Waals surface area contributed by atoms with E-state index in [-0.39, 0.29) is 5.89 Å². The number of nitrogens with zero attached hydrogens (tertiary/aromatic N) is 9. The van der Waals surface area contributed by atoms with E-state index in [4.69, 9.17) is 9.52 Å². The van der Waals surface area contributed by atoms with E-state index in [9.17, 15) is 4.48 Å². The molecule has 0 aliphatic carbocycles. The van der Waals surface area contributed by atoms with Crippen LogP contribution in [0, 0.1) is 6.92 Å². The van der Waals surface area contributed by atoms with Crippen molar-refractivity contribution >= 4 is 11.5 Å². The van der Waals surface area contributed by atoms with Gasteiger partial charge in [-0.3, -0.25) is 4.98 Å². The highest BCUT2D eigenvalue weighted by atomic mass is 19.2. The number of aromatic nitrogens is 8. The third-order valence-electron chi connectivity index (χ3n) is 5.47.